The number of benzene rings is 2. The zero-order valence-corrected chi connectivity index (χ0v) is 18.3. The summed E-state index contributed by atoms with van der Waals surface area (Å²) in [4.78, 5) is 18.5. The van der Waals surface area contributed by atoms with E-state index >= 15 is 0 Å². The number of hydrogen-bond donors (Lipinski definition) is 0. The predicted octanol–water partition coefficient (Wildman–Crippen LogP) is 5.43. The van der Waals surface area contributed by atoms with E-state index < -0.39 is 0 Å². The molecular weight excluding hydrogens is 435 g/mol. The Balaban J connectivity index is 1.33. The van der Waals surface area contributed by atoms with Crippen molar-refractivity contribution in [2.45, 2.75) is 19.4 Å². The summed E-state index contributed by atoms with van der Waals surface area (Å²) < 4.78 is 7.56. The number of carbonyl (C=O) groups is 1. The van der Waals surface area contributed by atoms with E-state index in [1.54, 1.807) is 47.2 Å². The lowest BCUT2D eigenvalue weighted by Crippen LogP contribution is -2.26. The van der Waals surface area contributed by atoms with Crippen molar-refractivity contribution in [2.24, 2.45) is 0 Å². The first kappa shape index (κ1) is 21.2. The van der Waals surface area contributed by atoms with Crippen molar-refractivity contribution in [1.82, 2.24) is 19.7 Å². The standard InChI is InChI=1S/C23H20Cl2N4O2/c1-28(14-16-12-27-29(15-16)18-5-3-2-4-6-18)23(30)10-9-22-26-13-21(31-22)19-8-7-17(24)11-20(19)25/h2-8,11-13,15H,9-10,14H2,1H3. The van der Waals surface area contributed by atoms with Gasteiger partial charge in [0, 0.05) is 48.8 Å². The fourth-order valence-electron chi connectivity index (χ4n) is 3.17. The molecule has 0 aliphatic rings. The Morgan fingerprint density at radius 3 is 2.71 bits per heavy atom. The Morgan fingerprint density at radius 2 is 1.94 bits per heavy atom. The molecule has 0 fully saturated rings. The first-order valence-electron chi connectivity index (χ1n) is 9.72. The predicted molar refractivity (Wildman–Crippen MR) is 120 cm³/mol. The van der Waals surface area contributed by atoms with Crippen molar-refractivity contribution >= 4 is 29.1 Å². The zero-order chi connectivity index (χ0) is 21.8. The number of halogens is 2. The molecule has 0 atom stereocenters. The number of hydrogen-bond acceptors (Lipinski definition) is 4. The van der Waals surface area contributed by atoms with Gasteiger partial charge >= 0.3 is 0 Å². The van der Waals surface area contributed by atoms with Gasteiger partial charge in [0.1, 0.15) is 0 Å². The van der Waals surface area contributed by atoms with Crippen molar-refractivity contribution in [1.29, 1.82) is 0 Å². The highest BCUT2D eigenvalue weighted by molar-refractivity contribution is 6.36. The highest BCUT2D eigenvalue weighted by Crippen LogP contribution is 2.30. The van der Waals surface area contributed by atoms with Gasteiger partial charge in [-0.15, -0.1) is 0 Å². The third-order valence-electron chi connectivity index (χ3n) is 4.81. The van der Waals surface area contributed by atoms with E-state index in [4.69, 9.17) is 27.6 Å². The third kappa shape index (κ3) is 5.16. The highest BCUT2D eigenvalue weighted by atomic mass is 35.5. The number of oxazole rings is 1. The second kappa shape index (κ2) is 9.37. The molecule has 6 nitrogen and oxygen atoms in total. The van der Waals surface area contributed by atoms with Crippen LogP contribution in [-0.2, 0) is 17.8 Å². The van der Waals surface area contributed by atoms with Gasteiger partial charge in [-0.25, -0.2) is 9.67 Å². The Hall–Kier alpha value is -3.09. The number of aromatic nitrogens is 3. The molecule has 0 aliphatic heterocycles. The molecule has 0 saturated carbocycles. The van der Waals surface area contributed by atoms with Crippen LogP contribution in [0.5, 0.6) is 0 Å². The molecule has 0 N–H and O–H groups in total. The number of nitrogens with zero attached hydrogens (tertiary/aromatic N) is 4. The number of carbonyl (C=O) groups excluding carboxylic acids is 1. The Kier molecular flexibility index (Phi) is 6.39. The van der Waals surface area contributed by atoms with E-state index in [-0.39, 0.29) is 12.3 Å². The number of rotatable bonds is 7. The molecule has 4 aromatic rings. The van der Waals surface area contributed by atoms with Crippen LogP contribution in [0.15, 0.2) is 71.5 Å². The summed E-state index contributed by atoms with van der Waals surface area (Å²) >= 11 is 12.2. The summed E-state index contributed by atoms with van der Waals surface area (Å²) in [6, 6.07) is 15.0. The summed E-state index contributed by atoms with van der Waals surface area (Å²) in [6.07, 6.45) is 5.99. The topological polar surface area (TPSA) is 64.2 Å². The first-order chi connectivity index (χ1) is 15.0. The Morgan fingerprint density at radius 1 is 1.13 bits per heavy atom. The quantitative estimate of drug-likeness (QED) is 0.373. The van der Waals surface area contributed by atoms with Crippen molar-refractivity contribution in [2.75, 3.05) is 7.05 Å². The monoisotopic (exact) mass is 454 g/mol. The van der Waals surface area contributed by atoms with Crippen LogP contribution in [-0.4, -0.2) is 32.6 Å². The SMILES string of the molecule is CN(Cc1cnn(-c2ccccc2)c1)C(=O)CCc1ncc(-c2ccc(Cl)cc2Cl)o1. The van der Waals surface area contributed by atoms with Gasteiger partial charge in [0.15, 0.2) is 11.7 Å². The summed E-state index contributed by atoms with van der Waals surface area (Å²) in [5.74, 6) is 1.03. The summed E-state index contributed by atoms with van der Waals surface area (Å²) in [7, 11) is 1.77. The van der Waals surface area contributed by atoms with Crippen LogP contribution >= 0.6 is 23.2 Å². The van der Waals surface area contributed by atoms with E-state index in [0.29, 0.717) is 40.2 Å². The van der Waals surface area contributed by atoms with Gasteiger partial charge in [-0.2, -0.15) is 5.10 Å². The second-order valence-electron chi connectivity index (χ2n) is 7.12. The molecule has 0 unspecified atom stereocenters. The molecule has 2 aromatic carbocycles. The van der Waals surface area contributed by atoms with Crippen molar-refractivity contribution < 1.29 is 9.21 Å². The highest BCUT2D eigenvalue weighted by Gasteiger charge is 2.15. The average molecular weight is 455 g/mol. The lowest BCUT2D eigenvalue weighted by molar-refractivity contribution is -0.130. The van der Waals surface area contributed by atoms with Crippen LogP contribution in [0, 0.1) is 0 Å². The molecule has 0 aliphatic carbocycles. The zero-order valence-electron chi connectivity index (χ0n) is 16.8. The van der Waals surface area contributed by atoms with Gasteiger partial charge in [0.25, 0.3) is 0 Å². The number of amides is 1. The van der Waals surface area contributed by atoms with Gasteiger partial charge in [0.05, 0.1) is 23.1 Å². The molecule has 0 saturated heterocycles. The van der Waals surface area contributed by atoms with Crippen LogP contribution in [0.4, 0.5) is 0 Å². The maximum Gasteiger partial charge on any atom is 0.223 e. The minimum Gasteiger partial charge on any atom is -0.441 e. The largest absolute Gasteiger partial charge is 0.441 e. The molecule has 0 spiro atoms. The van der Waals surface area contributed by atoms with Crippen molar-refractivity contribution in [3.8, 4) is 17.0 Å². The number of para-hydroxylation sites is 1. The fourth-order valence-corrected chi connectivity index (χ4v) is 3.67. The van der Waals surface area contributed by atoms with Crippen LogP contribution < -0.4 is 0 Å². The Labute approximate surface area is 190 Å². The molecule has 8 heteroatoms. The summed E-state index contributed by atoms with van der Waals surface area (Å²) in [6.45, 7) is 0.475. The lowest BCUT2D eigenvalue weighted by atomic mass is 10.2. The normalized spacial score (nSPS) is 10.9. The second-order valence-corrected chi connectivity index (χ2v) is 7.96. The van der Waals surface area contributed by atoms with Crippen LogP contribution in [0.3, 0.4) is 0 Å². The van der Waals surface area contributed by atoms with Gasteiger partial charge in [-0.05, 0) is 30.3 Å². The average Bonchev–Trinajstić information content (AvgIpc) is 3.42. The van der Waals surface area contributed by atoms with Crippen LogP contribution in [0.25, 0.3) is 17.0 Å². The maximum atomic E-state index is 12.6. The number of aryl methyl sites for hydroxylation is 1. The summed E-state index contributed by atoms with van der Waals surface area (Å²) in [5.41, 5.74) is 2.64. The third-order valence-corrected chi connectivity index (χ3v) is 5.35. The smallest absolute Gasteiger partial charge is 0.223 e. The fraction of sp³-hybridized carbons (Fsp3) is 0.174. The van der Waals surface area contributed by atoms with E-state index in [2.05, 4.69) is 10.1 Å². The maximum absolute atomic E-state index is 12.6. The van der Waals surface area contributed by atoms with Gasteiger partial charge < -0.3 is 9.32 Å². The van der Waals surface area contributed by atoms with E-state index in [1.807, 2.05) is 36.5 Å². The van der Waals surface area contributed by atoms with Crippen molar-refractivity contribution in [3.05, 3.63) is 88.6 Å². The Bertz CT molecular complexity index is 1190. The lowest BCUT2D eigenvalue weighted by Gasteiger charge is -2.15. The van der Waals surface area contributed by atoms with E-state index in [9.17, 15) is 4.79 Å². The minimum absolute atomic E-state index is 0.00302. The molecule has 2 aromatic heterocycles. The molecule has 1 amide bonds. The van der Waals surface area contributed by atoms with Crippen LogP contribution in [0.1, 0.15) is 17.9 Å². The van der Waals surface area contributed by atoms with Crippen LogP contribution in [0.2, 0.25) is 10.0 Å². The first-order valence-corrected chi connectivity index (χ1v) is 10.5. The van der Waals surface area contributed by atoms with Gasteiger partial charge in [0.2, 0.25) is 5.91 Å². The molecule has 2 heterocycles. The van der Waals surface area contributed by atoms with E-state index in [1.165, 1.54) is 0 Å². The molecule has 158 valence electrons. The van der Waals surface area contributed by atoms with Crippen molar-refractivity contribution in [3.63, 3.8) is 0 Å². The molecule has 31 heavy (non-hydrogen) atoms. The molecule has 4 rings (SSSR count). The van der Waals surface area contributed by atoms with Gasteiger partial charge in [-0.1, -0.05) is 41.4 Å². The minimum atomic E-state index is -0.00302. The van der Waals surface area contributed by atoms with E-state index in [0.717, 1.165) is 11.3 Å². The van der Waals surface area contributed by atoms with Gasteiger partial charge in [-0.3, -0.25) is 4.79 Å². The summed E-state index contributed by atoms with van der Waals surface area (Å²) in [5, 5.41) is 5.41. The molecular formula is C23H20Cl2N4O2. The molecule has 0 radical (unpaired) electrons. The molecule has 0 bridgehead atoms.